The highest BCUT2D eigenvalue weighted by Crippen LogP contribution is 2.45. The molecule has 0 saturated heterocycles. The van der Waals surface area contributed by atoms with Crippen molar-refractivity contribution in [3.05, 3.63) is 77.8 Å². The fraction of sp³-hybridized carbons (Fsp3) is 0.208. The Morgan fingerprint density at radius 1 is 1.12 bits per heavy atom. The maximum atomic E-state index is 13.1. The molecule has 34 heavy (non-hydrogen) atoms. The normalized spacial score (nSPS) is 16.5. The van der Waals surface area contributed by atoms with Gasteiger partial charge in [-0.1, -0.05) is 49.3 Å². The molecule has 7 nitrogen and oxygen atoms in total. The number of alkyl halides is 3. The number of aromatic nitrogens is 1. The molecule has 1 unspecified atom stereocenters. The largest absolute Gasteiger partial charge is 0.573 e. The number of halogens is 3. The van der Waals surface area contributed by atoms with Gasteiger partial charge in [-0.05, 0) is 18.2 Å². The number of aliphatic hydroxyl groups excluding tert-OH is 1. The van der Waals surface area contributed by atoms with Crippen molar-refractivity contribution in [2.45, 2.75) is 26.3 Å². The molecule has 3 aromatic rings. The summed E-state index contributed by atoms with van der Waals surface area (Å²) in [7, 11) is 0. The molecule has 1 aliphatic rings. The van der Waals surface area contributed by atoms with Crippen molar-refractivity contribution in [2.75, 3.05) is 4.90 Å². The van der Waals surface area contributed by atoms with Crippen molar-refractivity contribution in [1.29, 1.82) is 0 Å². The minimum absolute atomic E-state index is 0.0956. The highest BCUT2D eigenvalue weighted by atomic mass is 19.4. The summed E-state index contributed by atoms with van der Waals surface area (Å²) >= 11 is 0. The van der Waals surface area contributed by atoms with Crippen molar-refractivity contribution in [3.8, 4) is 17.0 Å². The number of nitrogens with zero attached hydrogens (tertiary/aromatic N) is 2. The molecule has 0 bridgehead atoms. The van der Waals surface area contributed by atoms with Gasteiger partial charge in [-0.2, -0.15) is 0 Å². The second-order valence-corrected chi connectivity index (χ2v) is 7.88. The Morgan fingerprint density at radius 3 is 2.38 bits per heavy atom. The Morgan fingerprint density at radius 2 is 1.79 bits per heavy atom. The van der Waals surface area contributed by atoms with Gasteiger partial charge in [0.15, 0.2) is 11.5 Å². The predicted octanol–water partition coefficient (Wildman–Crippen LogP) is 5.37. The monoisotopic (exact) mass is 472 g/mol. The van der Waals surface area contributed by atoms with Gasteiger partial charge in [0.1, 0.15) is 17.7 Å². The number of hydrogen-bond donors (Lipinski definition) is 1. The van der Waals surface area contributed by atoms with Gasteiger partial charge in [0.05, 0.1) is 11.6 Å². The van der Waals surface area contributed by atoms with E-state index in [0.29, 0.717) is 11.3 Å². The summed E-state index contributed by atoms with van der Waals surface area (Å²) in [4.78, 5) is 27.2. The lowest BCUT2D eigenvalue weighted by Gasteiger charge is -2.29. The van der Waals surface area contributed by atoms with E-state index in [1.54, 1.807) is 32.0 Å². The minimum Gasteiger partial charge on any atom is -0.503 e. The van der Waals surface area contributed by atoms with Crippen LogP contribution in [-0.2, 0) is 9.59 Å². The van der Waals surface area contributed by atoms with Gasteiger partial charge in [-0.15, -0.1) is 13.2 Å². The molecule has 10 heteroatoms. The van der Waals surface area contributed by atoms with E-state index in [1.165, 1.54) is 36.6 Å². The van der Waals surface area contributed by atoms with E-state index >= 15 is 0 Å². The van der Waals surface area contributed by atoms with Crippen molar-refractivity contribution < 1.29 is 37.1 Å². The van der Waals surface area contributed by atoms with Gasteiger partial charge in [-0.3, -0.25) is 14.5 Å². The zero-order valence-corrected chi connectivity index (χ0v) is 18.0. The molecule has 4 rings (SSSR count). The maximum Gasteiger partial charge on any atom is 0.573 e. The van der Waals surface area contributed by atoms with Gasteiger partial charge < -0.3 is 14.4 Å². The van der Waals surface area contributed by atoms with Crippen molar-refractivity contribution in [3.63, 3.8) is 0 Å². The molecule has 0 saturated carbocycles. The summed E-state index contributed by atoms with van der Waals surface area (Å²) in [5.41, 5.74) is 1.07. The zero-order valence-electron chi connectivity index (χ0n) is 18.0. The second-order valence-electron chi connectivity index (χ2n) is 7.88. The van der Waals surface area contributed by atoms with E-state index < -0.39 is 41.5 Å². The Hall–Kier alpha value is -4.08. The molecule has 1 atom stereocenters. The number of hydrogen-bond acceptors (Lipinski definition) is 6. The van der Waals surface area contributed by atoms with Crippen LogP contribution in [0.5, 0.6) is 5.75 Å². The molecule has 0 radical (unpaired) electrons. The number of Topliss-reactive ketones (excluding diaryl/α,β-unsaturated/α-hetero) is 1. The molecule has 2 heterocycles. The van der Waals surface area contributed by atoms with E-state index in [4.69, 9.17) is 4.52 Å². The lowest BCUT2D eigenvalue weighted by atomic mass is 9.90. The van der Waals surface area contributed by atoms with Gasteiger partial charge >= 0.3 is 6.36 Å². The number of benzene rings is 2. The summed E-state index contributed by atoms with van der Waals surface area (Å²) in [5, 5.41) is 14.5. The number of para-hydroxylation sites is 1. The fourth-order valence-corrected chi connectivity index (χ4v) is 3.81. The topological polar surface area (TPSA) is 92.9 Å². The predicted molar refractivity (Wildman–Crippen MR) is 115 cm³/mol. The number of carbonyl (C=O) groups is 2. The second kappa shape index (κ2) is 8.69. The number of amides is 1. The van der Waals surface area contributed by atoms with Crippen molar-refractivity contribution >= 4 is 17.4 Å². The molecule has 1 aromatic heterocycles. The van der Waals surface area contributed by atoms with Crippen molar-refractivity contribution in [2.24, 2.45) is 5.92 Å². The van der Waals surface area contributed by atoms with Crippen LogP contribution >= 0.6 is 0 Å². The van der Waals surface area contributed by atoms with Gasteiger partial charge in [0, 0.05) is 28.8 Å². The summed E-state index contributed by atoms with van der Waals surface area (Å²) in [6.07, 6.45) is -3.61. The van der Waals surface area contributed by atoms with Crippen LogP contribution < -0.4 is 9.64 Å². The Bertz CT molecular complexity index is 1250. The number of aliphatic hydroxyl groups is 1. The minimum atomic E-state index is -5.00. The lowest BCUT2D eigenvalue weighted by molar-refractivity contribution is -0.274. The van der Waals surface area contributed by atoms with E-state index in [9.17, 15) is 27.9 Å². The molecule has 0 fully saturated rings. The van der Waals surface area contributed by atoms with Crippen LogP contribution in [0, 0.1) is 5.92 Å². The third kappa shape index (κ3) is 4.26. The molecule has 0 aliphatic carbocycles. The molecular formula is C24H19F3N2O5. The quantitative estimate of drug-likeness (QED) is 0.519. The molecule has 1 N–H and O–H groups in total. The maximum absolute atomic E-state index is 13.1. The Labute approximate surface area is 192 Å². The first-order valence-electron chi connectivity index (χ1n) is 10.2. The summed E-state index contributed by atoms with van der Waals surface area (Å²) in [5.74, 6) is -3.51. The number of anilines is 1. The first-order chi connectivity index (χ1) is 16.1. The molecular weight excluding hydrogens is 453 g/mol. The summed E-state index contributed by atoms with van der Waals surface area (Å²) in [6.45, 7) is 3.13. The molecule has 176 valence electrons. The average molecular weight is 472 g/mol. The number of ketones is 1. The first kappa shape index (κ1) is 23.1. The average Bonchev–Trinajstić information content (AvgIpc) is 3.40. The third-order valence-corrected chi connectivity index (χ3v) is 5.32. The summed E-state index contributed by atoms with van der Waals surface area (Å²) < 4.78 is 48.3. The van der Waals surface area contributed by atoms with Gasteiger partial charge in [0.2, 0.25) is 0 Å². The molecule has 1 aliphatic heterocycles. The van der Waals surface area contributed by atoms with Crippen LogP contribution in [0.15, 0.2) is 76.7 Å². The smallest absolute Gasteiger partial charge is 0.503 e. The van der Waals surface area contributed by atoms with Crippen LogP contribution in [0.2, 0.25) is 0 Å². The zero-order chi connectivity index (χ0) is 24.6. The third-order valence-electron chi connectivity index (χ3n) is 5.32. The number of ether oxygens (including phenoxy) is 1. The SMILES string of the molecule is CC(C)C(=O)C1=C(O)C(=O)N(c2ccc(-c3ccon3)cc2)C1c1ccccc1OC(F)(F)F. The molecule has 0 spiro atoms. The summed E-state index contributed by atoms with van der Waals surface area (Å²) in [6, 6.07) is 11.9. The van der Waals surface area contributed by atoms with E-state index in [2.05, 4.69) is 9.89 Å². The van der Waals surface area contributed by atoms with Gasteiger partial charge in [-0.25, -0.2) is 0 Å². The van der Waals surface area contributed by atoms with Gasteiger partial charge in [0.25, 0.3) is 5.91 Å². The van der Waals surface area contributed by atoms with Crippen LogP contribution in [0.3, 0.4) is 0 Å². The van der Waals surface area contributed by atoms with Crippen LogP contribution in [-0.4, -0.2) is 28.3 Å². The lowest BCUT2D eigenvalue weighted by Crippen LogP contribution is -2.32. The van der Waals surface area contributed by atoms with E-state index in [0.717, 1.165) is 11.0 Å². The van der Waals surface area contributed by atoms with Crippen LogP contribution in [0.1, 0.15) is 25.5 Å². The highest BCUT2D eigenvalue weighted by molar-refractivity contribution is 6.17. The number of rotatable bonds is 6. The first-order valence-corrected chi connectivity index (χ1v) is 10.2. The Balaban J connectivity index is 1.85. The van der Waals surface area contributed by atoms with E-state index in [-0.39, 0.29) is 16.8 Å². The molecule has 2 aromatic carbocycles. The fourth-order valence-electron chi connectivity index (χ4n) is 3.81. The standard InChI is InChI=1S/C24H19F3N2O5/c1-13(2)21(30)19-20(16-5-3-4-6-18(16)34-24(25,26)27)29(23(32)22(19)31)15-9-7-14(8-10-15)17-11-12-33-28-17/h3-13,20,31H,1-2H3. The highest BCUT2D eigenvalue weighted by Gasteiger charge is 2.46. The number of carbonyl (C=O) groups excluding carboxylic acids is 2. The molecule has 1 amide bonds. The van der Waals surface area contributed by atoms with Crippen LogP contribution in [0.4, 0.5) is 18.9 Å². The van der Waals surface area contributed by atoms with Crippen molar-refractivity contribution in [1.82, 2.24) is 5.16 Å². The Kier molecular flexibility index (Phi) is 5.90. The van der Waals surface area contributed by atoms with Crippen LogP contribution in [0.25, 0.3) is 11.3 Å². The van der Waals surface area contributed by atoms with E-state index in [1.807, 2.05) is 0 Å².